The molecule has 1 aliphatic rings. The number of alkyl halides is 1. The number of piperazine rings is 1. The van der Waals surface area contributed by atoms with Gasteiger partial charge in [-0.25, -0.2) is 0 Å². The first-order valence-corrected chi connectivity index (χ1v) is 7.90. The van der Waals surface area contributed by atoms with E-state index in [-0.39, 0.29) is 6.67 Å². The summed E-state index contributed by atoms with van der Waals surface area (Å²) in [5.41, 5.74) is 1.38. The van der Waals surface area contributed by atoms with Gasteiger partial charge in [0.1, 0.15) is 0 Å². The average molecular weight is 278 g/mol. The van der Waals surface area contributed by atoms with Crippen LogP contribution in [0.2, 0.25) is 0 Å². The maximum Gasteiger partial charge on any atom is 0.0906 e. The molecular formula is C17H27FN2. The third-order valence-corrected chi connectivity index (χ3v) is 4.14. The Bertz CT molecular complexity index is 369. The molecule has 2 rings (SSSR count). The number of rotatable bonds is 7. The summed E-state index contributed by atoms with van der Waals surface area (Å²) in [5, 5.41) is 3.67. The van der Waals surface area contributed by atoms with Gasteiger partial charge in [0.15, 0.2) is 0 Å². The van der Waals surface area contributed by atoms with Crippen molar-refractivity contribution in [3.8, 4) is 0 Å². The number of nitrogens with one attached hydrogen (secondary N) is 1. The average Bonchev–Trinajstić information content (AvgIpc) is 2.48. The van der Waals surface area contributed by atoms with Crippen LogP contribution in [0.5, 0.6) is 0 Å². The zero-order valence-electron chi connectivity index (χ0n) is 12.5. The quantitative estimate of drug-likeness (QED) is 0.825. The number of halogens is 1. The van der Waals surface area contributed by atoms with Crippen molar-refractivity contribution in [1.82, 2.24) is 10.2 Å². The van der Waals surface area contributed by atoms with Crippen molar-refractivity contribution in [2.24, 2.45) is 0 Å². The molecule has 0 aliphatic carbocycles. The second kappa shape index (κ2) is 8.38. The first kappa shape index (κ1) is 15.5. The molecule has 1 aromatic carbocycles. The summed E-state index contributed by atoms with van der Waals surface area (Å²) in [6.45, 7) is 5.00. The Balaban J connectivity index is 1.90. The van der Waals surface area contributed by atoms with Gasteiger partial charge in [0.25, 0.3) is 0 Å². The lowest BCUT2D eigenvalue weighted by Crippen LogP contribution is -2.57. The molecule has 1 aromatic rings. The Morgan fingerprint density at radius 3 is 2.80 bits per heavy atom. The first-order valence-electron chi connectivity index (χ1n) is 7.90. The van der Waals surface area contributed by atoms with Crippen LogP contribution in [-0.2, 0) is 6.42 Å². The Morgan fingerprint density at radius 1 is 1.30 bits per heavy atom. The van der Waals surface area contributed by atoms with Gasteiger partial charge in [0, 0.05) is 31.7 Å². The third kappa shape index (κ3) is 4.57. The highest BCUT2D eigenvalue weighted by Gasteiger charge is 2.26. The van der Waals surface area contributed by atoms with E-state index in [4.69, 9.17) is 0 Å². The zero-order chi connectivity index (χ0) is 14.2. The van der Waals surface area contributed by atoms with E-state index in [9.17, 15) is 4.39 Å². The van der Waals surface area contributed by atoms with E-state index in [2.05, 4.69) is 47.5 Å². The van der Waals surface area contributed by atoms with Gasteiger partial charge >= 0.3 is 0 Å². The number of nitrogens with zero attached hydrogens (tertiary/aromatic N) is 1. The summed E-state index contributed by atoms with van der Waals surface area (Å²) < 4.78 is 12.5. The fraction of sp³-hybridized carbons (Fsp3) is 0.647. The minimum absolute atomic E-state index is 0.202. The second-order valence-corrected chi connectivity index (χ2v) is 5.77. The number of benzene rings is 1. The zero-order valence-corrected chi connectivity index (χ0v) is 12.5. The van der Waals surface area contributed by atoms with Crippen LogP contribution in [0.25, 0.3) is 0 Å². The predicted octanol–water partition coefficient (Wildman–Crippen LogP) is 3.03. The van der Waals surface area contributed by atoms with Crippen molar-refractivity contribution in [3.63, 3.8) is 0 Å². The molecule has 0 spiro atoms. The van der Waals surface area contributed by atoms with Gasteiger partial charge in [0.05, 0.1) is 6.67 Å². The van der Waals surface area contributed by atoms with Crippen LogP contribution >= 0.6 is 0 Å². The van der Waals surface area contributed by atoms with Gasteiger partial charge in [-0.15, -0.1) is 0 Å². The smallest absolute Gasteiger partial charge is 0.0906 e. The fourth-order valence-corrected chi connectivity index (χ4v) is 3.12. The van der Waals surface area contributed by atoms with E-state index in [0.29, 0.717) is 18.5 Å². The van der Waals surface area contributed by atoms with Gasteiger partial charge in [0.2, 0.25) is 0 Å². The lowest BCUT2D eigenvalue weighted by Gasteiger charge is -2.40. The molecule has 0 radical (unpaired) electrons. The highest BCUT2D eigenvalue weighted by molar-refractivity contribution is 5.16. The molecule has 112 valence electrons. The largest absolute Gasteiger partial charge is 0.311 e. The molecule has 0 amide bonds. The molecule has 20 heavy (non-hydrogen) atoms. The van der Waals surface area contributed by atoms with Crippen LogP contribution in [0, 0.1) is 0 Å². The highest BCUT2D eigenvalue weighted by atomic mass is 19.1. The Labute approximate surface area is 122 Å². The molecule has 0 bridgehead atoms. The van der Waals surface area contributed by atoms with Gasteiger partial charge in [-0.1, -0.05) is 43.7 Å². The SMILES string of the molecule is CCCC1CNC(Cc2ccccc2)CN1CCCF. The van der Waals surface area contributed by atoms with Crippen LogP contribution in [0.3, 0.4) is 0 Å². The standard InChI is InChI=1S/C17H27FN2/c1-2-7-17-13-19-16(14-20(17)11-6-10-18)12-15-8-4-3-5-9-15/h3-5,8-9,16-17,19H,2,6-7,10-14H2,1H3. The summed E-state index contributed by atoms with van der Waals surface area (Å²) in [7, 11) is 0. The predicted molar refractivity (Wildman–Crippen MR) is 82.8 cm³/mol. The summed E-state index contributed by atoms with van der Waals surface area (Å²) in [4.78, 5) is 2.49. The normalized spacial score (nSPS) is 23.9. The van der Waals surface area contributed by atoms with Gasteiger partial charge in [-0.3, -0.25) is 9.29 Å². The van der Waals surface area contributed by atoms with Crippen LogP contribution in [-0.4, -0.2) is 43.3 Å². The van der Waals surface area contributed by atoms with E-state index in [1.54, 1.807) is 0 Å². The van der Waals surface area contributed by atoms with E-state index in [1.165, 1.54) is 18.4 Å². The van der Waals surface area contributed by atoms with Crippen LogP contribution < -0.4 is 5.32 Å². The van der Waals surface area contributed by atoms with E-state index >= 15 is 0 Å². The van der Waals surface area contributed by atoms with Gasteiger partial charge in [-0.05, 0) is 24.8 Å². The first-order chi connectivity index (χ1) is 9.83. The molecule has 1 aliphatic heterocycles. The molecule has 3 heteroatoms. The molecule has 2 unspecified atom stereocenters. The van der Waals surface area contributed by atoms with E-state index in [0.717, 1.165) is 26.1 Å². The summed E-state index contributed by atoms with van der Waals surface area (Å²) in [6.07, 6.45) is 4.13. The molecule has 2 atom stereocenters. The Kier molecular flexibility index (Phi) is 6.48. The molecule has 0 aromatic heterocycles. The monoisotopic (exact) mass is 278 g/mol. The van der Waals surface area contributed by atoms with Crippen molar-refractivity contribution in [1.29, 1.82) is 0 Å². The summed E-state index contributed by atoms with van der Waals surface area (Å²) in [6, 6.07) is 11.7. The second-order valence-electron chi connectivity index (χ2n) is 5.77. The number of hydrogen-bond donors (Lipinski definition) is 1. The fourth-order valence-electron chi connectivity index (χ4n) is 3.12. The van der Waals surface area contributed by atoms with Crippen molar-refractivity contribution >= 4 is 0 Å². The van der Waals surface area contributed by atoms with Crippen molar-refractivity contribution in [2.45, 2.75) is 44.7 Å². The molecule has 1 heterocycles. The Morgan fingerprint density at radius 2 is 2.10 bits per heavy atom. The lowest BCUT2D eigenvalue weighted by atomic mass is 9.99. The molecule has 1 fully saturated rings. The van der Waals surface area contributed by atoms with Crippen molar-refractivity contribution < 1.29 is 4.39 Å². The molecular weight excluding hydrogens is 251 g/mol. The third-order valence-electron chi connectivity index (χ3n) is 4.14. The maximum atomic E-state index is 12.5. The molecule has 1 saturated heterocycles. The van der Waals surface area contributed by atoms with E-state index < -0.39 is 0 Å². The lowest BCUT2D eigenvalue weighted by molar-refractivity contribution is 0.118. The van der Waals surface area contributed by atoms with Crippen molar-refractivity contribution in [3.05, 3.63) is 35.9 Å². The van der Waals surface area contributed by atoms with E-state index in [1.807, 2.05) is 0 Å². The minimum atomic E-state index is -0.202. The van der Waals surface area contributed by atoms with Crippen molar-refractivity contribution in [2.75, 3.05) is 26.3 Å². The van der Waals surface area contributed by atoms with Gasteiger partial charge in [-0.2, -0.15) is 0 Å². The van der Waals surface area contributed by atoms with Crippen LogP contribution in [0.15, 0.2) is 30.3 Å². The molecule has 2 nitrogen and oxygen atoms in total. The van der Waals surface area contributed by atoms with Gasteiger partial charge < -0.3 is 5.32 Å². The summed E-state index contributed by atoms with van der Waals surface area (Å²) >= 11 is 0. The summed E-state index contributed by atoms with van der Waals surface area (Å²) in [5.74, 6) is 0. The highest BCUT2D eigenvalue weighted by Crippen LogP contribution is 2.15. The maximum absolute atomic E-state index is 12.5. The molecule has 0 saturated carbocycles. The van der Waals surface area contributed by atoms with Crippen LogP contribution in [0.1, 0.15) is 31.7 Å². The minimum Gasteiger partial charge on any atom is -0.311 e. The topological polar surface area (TPSA) is 15.3 Å². The molecule has 1 N–H and O–H groups in total. The Hall–Kier alpha value is -0.930. The number of hydrogen-bond acceptors (Lipinski definition) is 2. The van der Waals surface area contributed by atoms with Crippen LogP contribution in [0.4, 0.5) is 4.39 Å².